The summed E-state index contributed by atoms with van der Waals surface area (Å²) in [6.45, 7) is 2.14. The highest BCUT2D eigenvalue weighted by molar-refractivity contribution is 5.90. The van der Waals surface area contributed by atoms with Crippen molar-refractivity contribution < 1.29 is 14.6 Å². The van der Waals surface area contributed by atoms with E-state index in [-0.39, 0.29) is 30.5 Å². The minimum Gasteiger partial charge on any atom is -0.506 e. The second kappa shape index (κ2) is 6.21. The van der Waals surface area contributed by atoms with Gasteiger partial charge in [0.1, 0.15) is 11.3 Å². The molecular formula is C13H14ClNO3. The molecule has 0 aliphatic carbocycles. The third-order valence-corrected chi connectivity index (χ3v) is 2.48. The Morgan fingerprint density at radius 1 is 1.39 bits per heavy atom. The zero-order valence-electron chi connectivity index (χ0n) is 9.92. The Labute approximate surface area is 111 Å². The van der Waals surface area contributed by atoms with Crippen molar-refractivity contribution in [2.75, 3.05) is 6.61 Å². The van der Waals surface area contributed by atoms with Gasteiger partial charge >= 0.3 is 5.97 Å². The van der Waals surface area contributed by atoms with E-state index in [1.54, 1.807) is 31.3 Å². The van der Waals surface area contributed by atoms with Gasteiger partial charge in [0.25, 0.3) is 0 Å². The molecule has 1 aromatic carbocycles. The van der Waals surface area contributed by atoms with Crippen LogP contribution in [-0.4, -0.2) is 22.7 Å². The molecule has 2 rings (SSSR count). The Morgan fingerprint density at radius 2 is 2.17 bits per heavy atom. The molecule has 96 valence electrons. The summed E-state index contributed by atoms with van der Waals surface area (Å²) in [5.41, 5.74) is 1.32. The van der Waals surface area contributed by atoms with Gasteiger partial charge < -0.3 is 9.84 Å². The van der Waals surface area contributed by atoms with Gasteiger partial charge in [0.15, 0.2) is 0 Å². The highest BCUT2D eigenvalue weighted by Gasteiger charge is 2.10. The molecule has 0 unspecified atom stereocenters. The Kier molecular flexibility index (Phi) is 4.92. The maximum absolute atomic E-state index is 11.4. The van der Waals surface area contributed by atoms with E-state index in [4.69, 9.17) is 4.74 Å². The SMILES string of the molecule is CCOC(=O)Cc1ccc(O)c2ncccc12.Cl. The number of ether oxygens (including phenoxy) is 1. The molecule has 18 heavy (non-hydrogen) atoms. The van der Waals surface area contributed by atoms with Crippen LogP contribution >= 0.6 is 12.4 Å². The highest BCUT2D eigenvalue weighted by Crippen LogP contribution is 2.25. The average molecular weight is 268 g/mol. The lowest BCUT2D eigenvalue weighted by Crippen LogP contribution is -2.07. The molecule has 0 radical (unpaired) electrons. The van der Waals surface area contributed by atoms with E-state index < -0.39 is 0 Å². The molecule has 0 saturated carbocycles. The first-order valence-electron chi connectivity index (χ1n) is 5.43. The van der Waals surface area contributed by atoms with E-state index in [9.17, 15) is 9.90 Å². The third-order valence-electron chi connectivity index (χ3n) is 2.48. The van der Waals surface area contributed by atoms with Gasteiger partial charge in [0.05, 0.1) is 13.0 Å². The predicted octanol–water partition coefficient (Wildman–Crippen LogP) is 2.47. The zero-order chi connectivity index (χ0) is 12.3. The largest absolute Gasteiger partial charge is 0.506 e. The molecule has 5 heteroatoms. The quantitative estimate of drug-likeness (QED) is 0.868. The first-order chi connectivity index (χ1) is 8.22. The van der Waals surface area contributed by atoms with Gasteiger partial charge in [-0.25, -0.2) is 0 Å². The molecule has 1 N–H and O–H groups in total. The summed E-state index contributed by atoms with van der Waals surface area (Å²) in [4.78, 5) is 15.5. The number of phenols is 1. The lowest BCUT2D eigenvalue weighted by molar-refractivity contribution is -0.142. The Hall–Kier alpha value is -1.81. The molecule has 2 aromatic rings. The zero-order valence-corrected chi connectivity index (χ0v) is 10.7. The molecule has 4 nitrogen and oxygen atoms in total. The van der Waals surface area contributed by atoms with Gasteiger partial charge in [-0.05, 0) is 24.6 Å². The maximum atomic E-state index is 11.4. The number of hydrogen-bond acceptors (Lipinski definition) is 4. The number of rotatable bonds is 3. The van der Waals surface area contributed by atoms with Crippen molar-refractivity contribution in [2.24, 2.45) is 0 Å². The summed E-state index contributed by atoms with van der Waals surface area (Å²) in [5, 5.41) is 10.4. The third kappa shape index (κ3) is 2.90. The monoisotopic (exact) mass is 267 g/mol. The molecule has 0 spiro atoms. The highest BCUT2D eigenvalue weighted by atomic mass is 35.5. The molecular weight excluding hydrogens is 254 g/mol. The van der Waals surface area contributed by atoms with Gasteiger partial charge in [-0.1, -0.05) is 12.1 Å². The second-order valence-electron chi connectivity index (χ2n) is 3.63. The van der Waals surface area contributed by atoms with E-state index in [2.05, 4.69) is 4.98 Å². The maximum Gasteiger partial charge on any atom is 0.310 e. The number of esters is 1. The fourth-order valence-electron chi connectivity index (χ4n) is 1.74. The minimum atomic E-state index is -0.275. The molecule has 0 amide bonds. The molecule has 0 saturated heterocycles. The van der Waals surface area contributed by atoms with Gasteiger partial charge in [-0.2, -0.15) is 0 Å². The average Bonchev–Trinajstić information content (AvgIpc) is 2.34. The van der Waals surface area contributed by atoms with Gasteiger partial charge in [0.2, 0.25) is 0 Å². The van der Waals surface area contributed by atoms with Crippen LogP contribution in [0.15, 0.2) is 30.5 Å². The van der Waals surface area contributed by atoms with Gasteiger partial charge in [-0.15, -0.1) is 12.4 Å². The van der Waals surface area contributed by atoms with E-state index in [0.29, 0.717) is 12.1 Å². The topological polar surface area (TPSA) is 59.4 Å². The summed E-state index contributed by atoms with van der Waals surface area (Å²) in [7, 11) is 0. The molecule has 1 heterocycles. The van der Waals surface area contributed by atoms with Crippen LogP contribution in [0.4, 0.5) is 0 Å². The molecule has 0 bridgehead atoms. The molecule has 1 aromatic heterocycles. The van der Waals surface area contributed by atoms with Crippen LogP contribution in [0.5, 0.6) is 5.75 Å². The molecule has 0 fully saturated rings. The van der Waals surface area contributed by atoms with Crippen molar-refractivity contribution in [3.8, 4) is 5.75 Å². The lowest BCUT2D eigenvalue weighted by Gasteiger charge is -2.06. The summed E-state index contributed by atoms with van der Waals surface area (Å²) in [5.74, 6) is -0.156. The fourth-order valence-corrected chi connectivity index (χ4v) is 1.74. The van der Waals surface area contributed by atoms with Crippen LogP contribution in [0.1, 0.15) is 12.5 Å². The minimum absolute atomic E-state index is 0. The Morgan fingerprint density at radius 3 is 2.89 bits per heavy atom. The molecule has 0 aliphatic rings. The normalized spacial score (nSPS) is 9.83. The predicted molar refractivity (Wildman–Crippen MR) is 71.0 cm³/mol. The van der Waals surface area contributed by atoms with Crippen molar-refractivity contribution in [1.29, 1.82) is 0 Å². The lowest BCUT2D eigenvalue weighted by atomic mass is 10.1. The number of pyridine rings is 1. The van der Waals surface area contributed by atoms with E-state index in [0.717, 1.165) is 10.9 Å². The molecule has 0 aliphatic heterocycles. The molecule has 0 atom stereocenters. The fraction of sp³-hybridized carbons (Fsp3) is 0.231. The number of carbonyl (C=O) groups excluding carboxylic acids is 1. The van der Waals surface area contributed by atoms with Crippen molar-refractivity contribution in [1.82, 2.24) is 4.98 Å². The number of halogens is 1. The van der Waals surface area contributed by atoms with E-state index in [1.807, 2.05) is 6.07 Å². The summed E-state index contributed by atoms with van der Waals surface area (Å²) >= 11 is 0. The number of benzene rings is 1. The van der Waals surface area contributed by atoms with Crippen molar-refractivity contribution in [2.45, 2.75) is 13.3 Å². The van der Waals surface area contributed by atoms with E-state index >= 15 is 0 Å². The second-order valence-corrected chi connectivity index (χ2v) is 3.63. The van der Waals surface area contributed by atoms with Gasteiger partial charge in [0, 0.05) is 11.6 Å². The van der Waals surface area contributed by atoms with Crippen LogP contribution in [0.3, 0.4) is 0 Å². The van der Waals surface area contributed by atoms with Gasteiger partial charge in [-0.3, -0.25) is 9.78 Å². The number of aromatic nitrogens is 1. The van der Waals surface area contributed by atoms with Crippen LogP contribution in [0, 0.1) is 0 Å². The number of fused-ring (bicyclic) bond motifs is 1. The first kappa shape index (κ1) is 14.3. The first-order valence-corrected chi connectivity index (χ1v) is 5.43. The summed E-state index contributed by atoms with van der Waals surface area (Å²) in [6, 6.07) is 6.87. The number of carbonyl (C=O) groups is 1. The van der Waals surface area contributed by atoms with Crippen LogP contribution in [-0.2, 0) is 16.0 Å². The van der Waals surface area contributed by atoms with E-state index in [1.165, 1.54) is 0 Å². The Bertz CT molecular complexity index is 557. The van der Waals surface area contributed by atoms with Crippen LogP contribution in [0.25, 0.3) is 10.9 Å². The number of phenolic OH excluding ortho intramolecular Hbond substituents is 1. The standard InChI is InChI=1S/C13H13NO3.ClH/c1-2-17-12(16)8-9-5-6-11(15)13-10(9)4-3-7-14-13;/h3-7,15H,2,8H2,1H3;1H. The summed E-state index contributed by atoms with van der Waals surface area (Å²) < 4.78 is 4.90. The Balaban J connectivity index is 0.00000162. The van der Waals surface area contributed by atoms with Crippen molar-refractivity contribution in [3.05, 3.63) is 36.0 Å². The number of hydrogen-bond donors (Lipinski definition) is 1. The van der Waals surface area contributed by atoms with Crippen LogP contribution in [0.2, 0.25) is 0 Å². The van der Waals surface area contributed by atoms with Crippen LogP contribution < -0.4 is 0 Å². The van der Waals surface area contributed by atoms with Crippen molar-refractivity contribution >= 4 is 29.3 Å². The number of aromatic hydroxyl groups is 1. The van der Waals surface area contributed by atoms with Crippen molar-refractivity contribution in [3.63, 3.8) is 0 Å². The number of nitrogens with zero attached hydrogens (tertiary/aromatic N) is 1. The smallest absolute Gasteiger partial charge is 0.310 e. The summed E-state index contributed by atoms with van der Waals surface area (Å²) in [6.07, 6.45) is 1.80.